The second kappa shape index (κ2) is 5.48. The van der Waals surface area contributed by atoms with Crippen molar-refractivity contribution in [3.8, 4) is 0 Å². The zero-order chi connectivity index (χ0) is 15.0. The summed E-state index contributed by atoms with van der Waals surface area (Å²) in [7, 11) is 0. The van der Waals surface area contributed by atoms with Crippen molar-refractivity contribution in [2.45, 2.75) is 19.3 Å². The molecule has 1 aliphatic rings. The number of imidazole rings is 1. The summed E-state index contributed by atoms with van der Waals surface area (Å²) in [6.45, 7) is 3.23. The predicted molar refractivity (Wildman–Crippen MR) is 78.0 cm³/mol. The van der Waals surface area contributed by atoms with Crippen LogP contribution in [-0.4, -0.2) is 33.9 Å². The van der Waals surface area contributed by atoms with Crippen molar-refractivity contribution < 1.29 is 9.18 Å². The monoisotopic (exact) mass is 307 g/mol. The standard InChI is InChI=1S/C15H15ClFN3O/c1-9-7-18-14(19-9)11-4-5-20(8-11)15(21)10-2-3-13(17)12(16)6-10/h2-3,6-7,11H,4-5,8H2,1H3,(H,18,19)/t11-/m0/s1. The summed E-state index contributed by atoms with van der Waals surface area (Å²) in [5, 5.41) is -0.0294. The summed E-state index contributed by atoms with van der Waals surface area (Å²) in [5.41, 5.74) is 1.43. The number of nitrogens with zero attached hydrogens (tertiary/aromatic N) is 2. The second-order valence-electron chi connectivity index (χ2n) is 5.32. The van der Waals surface area contributed by atoms with Crippen LogP contribution >= 0.6 is 11.6 Å². The lowest BCUT2D eigenvalue weighted by molar-refractivity contribution is 0.0790. The average Bonchev–Trinajstić information content (AvgIpc) is 3.09. The highest BCUT2D eigenvalue weighted by Gasteiger charge is 2.29. The molecule has 1 N–H and O–H groups in total. The van der Waals surface area contributed by atoms with E-state index in [0.29, 0.717) is 18.7 Å². The van der Waals surface area contributed by atoms with Gasteiger partial charge in [-0.1, -0.05) is 11.6 Å². The molecule has 1 fully saturated rings. The zero-order valence-electron chi connectivity index (χ0n) is 11.6. The number of hydrogen-bond acceptors (Lipinski definition) is 2. The molecule has 0 aliphatic carbocycles. The van der Waals surface area contributed by atoms with Crippen molar-refractivity contribution in [3.05, 3.63) is 52.3 Å². The highest BCUT2D eigenvalue weighted by Crippen LogP contribution is 2.27. The molecule has 6 heteroatoms. The molecule has 1 aliphatic heterocycles. The Morgan fingerprint density at radius 1 is 1.52 bits per heavy atom. The zero-order valence-corrected chi connectivity index (χ0v) is 12.3. The molecular weight excluding hydrogens is 293 g/mol. The summed E-state index contributed by atoms with van der Waals surface area (Å²) in [5.74, 6) is 0.500. The first-order valence-corrected chi connectivity index (χ1v) is 7.18. The van der Waals surface area contributed by atoms with Crippen molar-refractivity contribution in [2.75, 3.05) is 13.1 Å². The third-order valence-corrected chi connectivity index (χ3v) is 4.04. The molecule has 1 atom stereocenters. The maximum Gasteiger partial charge on any atom is 0.253 e. The lowest BCUT2D eigenvalue weighted by Gasteiger charge is -2.16. The average molecular weight is 308 g/mol. The van der Waals surface area contributed by atoms with Crippen LogP contribution in [0.25, 0.3) is 0 Å². The number of halogens is 2. The Labute approximate surface area is 126 Å². The number of carbonyl (C=O) groups is 1. The van der Waals surface area contributed by atoms with Gasteiger partial charge in [0, 0.05) is 36.5 Å². The van der Waals surface area contributed by atoms with Gasteiger partial charge in [-0.2, -0.15) is 0 Å². The Balaban J connectivity index is 1.73. The number of hydrogen-bond donors (Lipinski definition) is 1. The van der Waals surface area contributed by atoms with Crippen molar-refractivity contribution in [2.24, 2.45) is 0 Å². The van der Waals surface area contributed by atoms with Crippen LogP contribution in [0.2, 0.25) is 5.02 Å². The van der Waals surface area contributed by atoms with Gasteiger partial charge in [-0.25, -0.2) is 9.37 Å². The van der Waals surface area contributed by atoms with Crippen LogP contribution in [0.1, 0.15) is 34.2 Å². The second-order valence-corrected chi connectivity index (χ2v) is 5.72. The van der Waals surface area contributed by atoms with Gasteiger partial charge in [0.05, 0.1) is 5.02 Å². The number of aromatic nitrogens is 2. The minimum absolute atomic E-state index is 0.0294. The Morgan fingerprint density at radius 2 is 2.33 bits per heavy atom. The van der Waals surface area contributed by atoms with Crippen LogP contribution in [0, 0.1) is 12.7 Å². The molecule has 1 saturated heterocycles. The number of likely N-dealkylation sites (tertiary alicyclic amines) is 1. The van der Waals surface area contributed by atoms with Crippen molar-refractivity contribution in [1.29, 1.82) is 0 Å². The smallest absolute Gasteiger partial charge is 0.253 e. The third kappa shape index (κ3) is 2.78. The molecule has 0 radical (unpaired) electrons. The number of benzene rings is 1. The number of H-pyrrole nitrogens is 1. The van der Waals surface area contributed by atoms with Crippen LogP contribution in [0.4, 0.5) is 4.39 Å². The van der Waals surface area contributed by atoms with Gasteiger partial charge in [0.1, 0.15) is 11.6 Å². The molecule has 4 nitrogen and oxygen atoms in total. The molecule has 2 aromatic rings. The van der Waals surface area contributed by atoms with E-state index < -0.39 is 5.82 Å². The molecule has 0 unspecified atom stereocenters. The van der Waals surface area contributed by atoms with Gasteiger partial charge >= 0.3 is 0 Å². The van der Waals surface area contributed by atoms with E-state index in [1.54, 1.807) is 11.1 Å². The van der Waals surface area contributed by atoms with Crippen molar-refractivity contribution in [3.63, 3.8) is 0 Å². The fourth-order valence-electron chi connectivity index (χ4n) is 2.62. The minimum atomic E-state index is -0.515. The molecule has 0 saturated carbocycles. The molecule has 21 heavy (non-hydrogen) atoms. The quantitative estimate of drug-likeness (QED) is 0.926. The third-order valence-electron chi connectivity index (χ3n) is 3.75. The number of carbonyl (C=O) groups excluding carboxylic acids is 1. The van der Waals surface area contributed by atoms with Crippen LogP contribution in [0.3, 0.4) is 0 Å². The first-order chi connectivity index (χ1) is 10.0. The molecule has 0 bridgehead atoms. The lowest BCUT2D eigenvalue weighted by atomic mass is 10.1. The van der Waals surface area contributed by atoms with E-state index in [4.69, 9.17) is 11.6 Å². The minimum Gasteiger partial charge on any atom is -0.346 e. The Kier molecular flexibility index (Phi) is 3.68. The van der Waals surface area contributed by atoms with E-state index in [2.05, 4.69) is 9.97 Å². The van der Waals surface area contributed by atoms with Gasteiger partial charge in [0.2, 0.25) is 0 Å². The SMILES string of the molecule is Cc1cnc([C@H]2CCN(C(=O)c3ccc(F)c(Cl)c3)C2)[nH]1. The molecule has 110 valence electrons. The maximum atomic E-state index is 13.2. The molecular formula is C15H15ClFN3O. The summed E-state index contributed by atoms with van der Waals surface area (Å²) < 4.78 is 13.2. The Hall–Kier alpha value is -1.88. The van der Waals surface area contributed by atoms with E-state index in [0.717, 1.165) is 17.9 Å². The van der Waals surface area contributed by atoms with Gasteiger partial charge in [-0.05, 0) is 31.5 Å². The summed E-state index contributed by atoms with van der Waals surface area (Å²) in [6, 6.07) is 4.07. The highest BCUT2D eigenvalue weighted by molar-refractivity contribution is 6.31. The molecule has 1 amide bonds. The molecule has 1 aromatic carbocycles. The largest absolute Gasteiger partial charge is 0.346 e. The molecule has 0 spiro atoms. The number of nitrogens with one attached hydrogen (secondary N) is 1. The maximum absolute atomic E-state index is 13.2. The normalized spacial score (nSPS) is 18.2. The number of amides is 1. The number of aryl methyl sites for hydroxylation is 1. The summed E-state index contributed by atoms with van der Waals surface area (Å²) >= 11 is 5.73. The fourth-order valence-corrected chi connectivity index (χ4v) is 2.80. The van der Waals surface area contributed by atoms with E-state index in [-0.39, 0.29) is 16.8 Å². The van der Waals surface area contributed by atoms with Gasteiger partial charge in [-0.15, -0.1) is 0 Å². The first kappa shape index (κ1) is 14.1. The molecule has 3 rings (SSSR count). The summed E-state index contributed by atoms with van der Waals surface area (Å²) in [4.78, 5) is 21.7. The van der Waals surface area contributed by atoms with E-state index in [9.17, 15) is 9.18 Å². The first-order valence-electron chi connectivity index (χ1n) is 6.80. The Bertz CT molecular complexity index is 685. The van der Waals surface area contributed by atoms with E-state index in [1.807, 2.05) is 6.92 Å². The number of rotatable bonds is 2. The highest BCUT2D eigenvalue weighted by atomic mass is 35.5. The van der Waals surface area contributed by atoms with Crippen LogP contribution in [0.15, 0.2) is 24.4 Å². The van der Waals surface area contributed by atoms with Gasteiger partial charge < -0.3 is 9.88 Å². The molecule has 2 heterocycles. The van der Waals surface area contributed by atoms with Crippen molar-refractivity contribution >= 4 is 17.5 Å². The van der Waals surface area contributed by atoms with E-state index >= 15 is 0 Å². The summed E-state index contributed by atoms with van der Waals surface area (Å²) in [6.07, 6.45) is 2.66. The topological polar surface area (TPSA) is 49.0 Å². The predicted octanol–water partition coefficient (Wildman–Crippen LogP) is 3.14. The van der Waals surface area contributed by atoms with Crippen molar-refractivity contribution in [1.82, 2.24) is 14.9 Å². The van der Waals surface area contributed by atoms with Gasteiger partial charge in [0.25, 0.3) is 5.91 Å². The van der Waals surface area contributed by atoms with Crippen LogP contribution < -0.4 is 0 Å². The number of aromatic amines is 1. The van der Waals surface area contributed by atoms with Crippen LogP contribution in [-0.2, 0) is 0 Å². The lowest BCUT2D eigenvalue weighted by Crippen LogP contribution is -2.28. The van der Waals surface area contributed by atoms with Gasteiger partial charge in [-0.3, -0.25) is 4.79 Å². The van der Waals surface area contributed by atoms with E-state index in [1.165, 1.54) is 18.2 Å². The Morgan fingerprint density at radius 3 is 3.00 bits per heavy atom. The van der Waals surface area contributed by atoms with Crippen LogP contribution in [0.5, 0.6) is 0 Å². The fraction of sp³-hybridized carbons (Fsp3) is 0.333. The molecule has 1 aromatic heterocycles. The van der Waals surface area contributed by atoms with Gasteiger partial charge in [0.15, 0.2) is 0 Å².